The van der Waals surface area contributed by atoms with Gasteiger partial charge < -0.3 is 0 Å². The summed E-state index contributed by atoms with van der Waals surface area (Å²) in [4.78, 5) is 0. The van der Waals surface area contributed by atoms with E-state index >= 15 is 0 Å². The van der Waals surface area contributed by atoms with Crippen LogP contribution in [-0.2, 0) is 9.05 Å². The van der Waals surface area contributed by atoms with Crippen molar-refractivity contribution in [1.29, 1.82) is 0 Å². The molecule has 1 aliphatic carbocycles. The largest absolute Gasteiger partial charge is 0.239 e. The Morgan fingerprint density at radius 3 is 2.21 bits per heavy atom. The highest BCUT2D eigenvalue weighted by atomic mass is 35.7. The van der Waals surface area contributed by atoms with Crippen LogP contribution < -0.4 is 0 Å². The summed E-state index contributed by atoms with van der Waals surface area (Å²) in [6, 6.07) is 9.19. The van der Waals surface area contributed by atoms with Crippen molar-refractivity contribution in [1.82, 2.24) is 0 Å². The van der Waals surface area contributed by atoms with Gasteiger partial charge in [0.15, 0.2) is 0 Å². The quantitative estimate of drug-likeness (QED) is 0.749. The molecule has 1 atom stereocenters. The third kappa shape index (κ3) is 2.10. The summed E-state index contributed by atoms with van der Waals surface area (Å²) < 4.78 is 22.8. The average Bonchev–Trinajstić information content (AvgIpc) is 2.88. The van der Waals surface area contributed by atoms with Gasteiger partial charge in [-0.3, -0.25) is 0 Å². The molecule has 0 spiro atoms. The van der Waals surface area contributed by atoms with Crippen molar-refractivity contribution in [3.63, 3.8) is 0 Å². The third-order valence-electron chi connectivity index (χ3n) is 2.48. The van der Waals surface area contributed by atoms with E-state index in [2.05, 4.69) is 0 Å². The Bertz CT molecular complexity index is 409. The molecule has 0 aromatic heterocycles. The van der Waals surface area contributed by atoms with Crippen molar-refractivity contribution in [3.8, 4) is 0 Å². The van der Waals surface area contributed by atoms with Crippen molar-refractivity contribution in [3.05, 3.63) is 35.9 Å². The van der Waals surface area contributed by atoms with E-state index in [1.54, 1.807) is 0 Å². The van der Waals surface area contributed by atoms with Gasteiger partial charge in [0.25, 0.3) is 0 Å². The fourth-order valence-corrected chi connectivity index (χ4v) is 3.67. The van der Waals surface area contributed by atoms with Crippen molar-refractivity contribution in [2.75, 3.05) is 0 Å². The van der Waals surface area contributed by atoms with Crippen LogP contribution >= 0.6 is 10.7 Å². The van der Waals surface area contributed by atoms with Crippen molar-refractivity contribution >= 4 is 19.7 Å². The molecule has 1 fully saturated rings. The van der Waals surface area contributed by atoms with E-state index in [0.29, 0.717) is 0 Å². The second-order valence-corrected chi connectivity index (χ2v) is 6.39. The molecule has 2 nitrogen and oxygen atoms in total. The van der Waals surface area contributed by atoms with Crippen molar-refractivity contribution < 1.29 is 8.42 Å². The summed E-state index contributed by atoms with van der Waals surface area (Å²) in [5, 5.41) is -0.509. The molecular weight excluding hydrogens is 220 g/mol. The lowest BCUT2D eigenvalue weighted by Crippen LogP contribution is -2.09. The van der Waals surface area contributed by atoms with Crippen LogP contribution in [0.2, 0.25) is 0 Å². The lowest BCUT2D eigenvalue weighted by Gasteiger charge is -2.12. The fourth-order valence-electron chi connectivity index (χ4n) is 1.71. The van der Waals surface area contributed by atoms with Gasteiger partial charge in [-0.25, -0.2) is 8.42 Å². The predicted molar refractivity (Wildman–Crippen MR) is 56.7 cm³/mol. The van der Waals surface area contributed by atoms with Gasteiger partial charge in [-0.1, -0.05) is 30.3 Å². The number of benzene rings is 1. The van der Waals surface area contributed by atoms with Crippen LogP contribution in [0.25, 0.3) is 0 Å². The summed E-state index contributed by atoms with van der Waals surface area (Å²) in [7, 11) is 1.96. The average molecular weight is 231 g/mol. The number of hydrogen-bond donors (Lipinski definition) is 0. The first kappa shape index (κ1) is 9.99. The van der Waals surface area contributed by atoms with E-state index in [4.69, 9.17) is 10.7 Å². The Balaban J connectivity index is 2.37. The molecule has 1 saturated carbocycles. The molecule has 1 aromatic carbocycles. The Labute approximate surface area is 88.3 Å². The molecule has 0 N–H and O–H groups in total. The molecule has 0 saturated heterocycles. The second-order valence-electron chi connectivity index (χ2n) is 3.64. The van der Waals surface area contributed by atoms with Crippen LogP contribution in [-0.4, -0.2) is 8.42 Å². The Kier molecular flexibility index (Phi) is 2.54. The zero-order valence-electron chi connectivity index (χ0n) is 7.56. The molecule has 0 radical (unpaired) electrons. The minimum absolute atomic E-state index is 0.222. The number of rotatable bonds is 3. The number of hydrogen-bond acceptors (Lipinski definition) is 2. The Morgan fingerprint density at radius 2 is 1.79 bits per heavy atom. The minimum atomic E-state index is -3.48. The van der Waals surface area contributed by atoms with Crippen molar-refractivity contribution in [2.24, 2.45) is 5.92 Å². The molecule has 0 bridgehead atoms. The maximum Gasteiger partial charge on any atom is 0.239 e. The van der Waals surface area contributed by atoms with Gasteiger partial charge >= 0.3 is 0 Å². The predicted octanol–water partition coefficient (Wildman–Crippen LogP) is 2.71. The molecule has 0 amide bonds. The lowest BCUT2D eigenvalue weighted by atomic mass is 10.1. The lowest BCUT2D eigenvalue weighted by molar-refractivity contribution is 0.586. The molecule has 2 rings (SSSR count). The van der Waals surface area contributed by atoms with E-state index in [9.17, 15) is 8.42 Å². The molecule has 1 aromatic rings. The molecule has 14 heavy (non-hydrogen) atoms. The van der Waals surface area contributed by atoms with Crippen LogP contribution in [0.4, 0.5) is 0 Å². The molecular formula is C10H11ClO2S. The van der Waals surface area contributed by atoms with E-state index in [1.807, 2.05) is 30.3 Å². The third-order valence-corrected chi connectivity index (χ3v) is 4.32. The van der Waals surface area contributed by atoms with Crippen LogP contribution in [0, 0.1) is 5.92 Å². The van der Waals surface area contributed by atoms with E-state index in [1.165, 1.54) is 0 Å². The van der Waals surface area contributed by atoms with Crippen molar-refractivity contribution in [2.45, 2.75) is 18.1 Å². The zero-order chi connectivity index (χ0) is 10.2. The van der Waals surface area contributed by atoms with Crippen LogP contribution in [0.3, 0.4) is 0 Å². The maximum absolute atomic E-state index is 11.4. The highest BCUT2D eigenvalue weighted by Crippen LogP contribution is 2.46. The first-order valence-electron chi connectivity index (χ1n) is 4.57. The monoisotopic (exact) mass is 230 g/mol. The van der Waals surface area contributed by atoms with Crippen LogP contribution in [0.15, 0.2) is 30.3 Å². The van der Waals surface area contributed by atoms with Gasteiger partial charge in [0.1, 0.15) is 5.25 Å². The second kappa shape index (κ2) is 3.55. The summed E-state index contributed by atoms with van der Waals surface area (Å²) in [6.45, 7) is 0. The summed E-state index contributed by atoms with van der Waals surface area (Å²) in [5.74, 6) is 0.222. The molecule has 4 heteroatoms. The summed E-state index contributed by atoms with van der Waals surface area (Å²) >= 11 is 0. The smallest absolute Gasteiger partial charge is 0.212 e. The molecule has 1 aliphatic rings. The summed E-state index contributed by atoms with van der Waals surface area (Å²) in [5.41, 5.74) is 0.810. The van der Waals surface area contributed by atoms with E-state index in [0.717, 1.165) is 18.4 Å². The highest BCUT2D eigenvalue weighted by Gasteiger charge is 2.40. The van der Waals surface area contributed by atoms with E-state index < -0.39 is 14.3 Å². The zero-order valence-corrected chi connectivity index (χ0v) is 9.13. The minimum Gasteiger partial charge on any atom is -0.212 e. The Hall–Kier alpha value is -0.540. The molecule has 1 unspecified atom stereocenters. The standard InChI is InChI=1S/C10H11ClO2S/c11-14(12,13)10(9-6-7-9)8-4-2-1-3-5-8/h1-5,9-10H,6-7H2. The van der Waals surface area contributed by atoms with Gasteiger partial charge in [0.2, 0.25) is 9.05 Å². The highest BCUT2D eigenvalue weighted by molar-refractivity contribution is 8.13. The van der Waals surface area contributed by atoms with Crippen LogP contribution in [0.1, 0.15) is 23.7 Å². The summed E-state index contributed by atoms with van der Waals surface area (Å²) in [6.07, 6.45) is 1.93. The topological polar surface area (TPSA) is 34.1 Å². The maximum atomic E-state index is 11.4. The SMILES string of the molecule is O=S(=O)(Cl)C(c1ccccc1)C1CC1. The van der Waals surface area contributed by atoms with Crippen LogP contribution in [0.5, 0.6) is 0 Å². The first-order chi connectivity index (χ1) is 6.59. The van der Waals surface area contributed by atoms with Gasteiger partial charge in [-0.05, 0) is 24.3 Å². The van der Waals surface area contributed by atoms with Gasteiger partial charge in [-0.15, -0.1) is 0 Å². The Morgan fingerprint density at radius 1 is 1.21 bits per heavy atom. The fraction of sp³-hybridized carbons (Fsp3) is 0.400. The van der Waals surface area contributed by atoms with Gasteiger partial charge in [-0.2, -0.15) is 0 Å². The van der Waals surface area contributed by atoms with Gasteiger partial charge in [0, 0.05) is 10.7 Å². The van der Waals surface area contributed by atoms with E-state index in [-0.39, 0.29) is 5.92 Å². The number of halogens is 1. The molecule has 0 aliphatic heterocycles. The molecule has 0 heterocycles. The first-order valence-corrected chi connectivity index (χ1v) is 6.95. The van der Waals surface area contributed by atoms with Gasteiger partial charge in [0.05, 0.1) is 0 Å². The molecule has 76 valence electrons. The normalized spacial score (nSPS) is 19.2.